The molecule has 1 heterocycles. The molecule has 1 aliphatic carbocycles. The summed E-state index contributed by atoms with van der Waals surface area (Å²) in [6, 6.07) is 0. The summed E-state index contributed by atoms with van der Waals surface area (Å²) >= 11 is 0. The molecule has 4 nitrogen and oxygen atoms in total. The maximum absolute atomic E-state index is 11.6. The minimum absolute atomic E-state index is 0.0901. The van der Waals surface area contributed by atoms with Crippen LogP contribution in [0, 0.1) is 0 Å². The molecular weight excluding hydrogens is 166 g/mol. The third-order valence-corrected chi connectivity index (χ3v) is 2.56. The number of aromatic amines is 1. The standard InChI is InChI=1S/C9H15N3O/c1-12-9(13)7(4-5-10)8(11-12)6-2-3-6/h6,11H,2-5,10H2,1H3. The van der Waals surface area contributed by atoms with Gasteiger partial charge < -0.3 is 5.73 Å². The Kier molecular flexibility index (Phi) is 2.00. The molecule has 0 amide bonds. The Morgan fingerprint density at radius 1 is 1.62 bits per heavy atom. The first-order valence-electron chi connectivity index (χ1n) is 4.72. The van der Waals surface area contributed by atoms with Crippen LogP contribution in [0.4, 0.5) is 0 Å². The van der Waals surface area contributed by atoms with Crippen molar-refractivity contribution in [2.24, 2.45) is 12.8 Å². The SMILES string of the molecule is Cn1[nH]c(C2CC2)c(CCN)c1=O. The van der Waals surface area contributed by atoms with Crippen LogP contribution < -0.4 is 11.3 Å². The zero-order valence-electron chi connectivity index (χ0n) is 7.84. The van der Waals surface area contributed by atoms with Crippen LogP contribution in [0.2, 0.25) is 0 Å². The number of nitrogens with zero attached hydrogens (tertiary/aromatic N) is 1. The first-order valence-corrected chi connectivity index (χ1v) is 4.72. The van der Waals surface area contributed by atoms with E-state index in [-0.39, 0.29) is 5.56 Å². The van der Waals surface area contributed by atoms with Gasteiger partial charge in [0, 0.05) is 24.2 Å². The molecule has 72 valence electrons. The lowest BCUT2D eigenvalue weighted by Crippen LogP contribution is -2.17. The maximum atomic E-state index is 11.6. The van der Waals surface area contributed by atoms with Gasteiger partial charge >= 0.3 is 0 Å². The molecule has 2 rings (SSSR count). The van der Waals surface area contributed by atoms with E-state index >= 15 is 0 Å². The highest BCUT2D eigenvalue weighted by Crippen LogP contribution is 2.39. The molecule has 3 N–H and O–H groups in total. The van der Waals surface area contributed by atoms with Gasteiger partial charge in [-0.15, -0.1) is 0 Å². The first kappa shape index (κ1) is 8.56. The van der Waals surface area contributed by atoms with Crippen molar-refractivity contribution in [3.05, 3.63) is 21.6 Å². The molecular formula is C9H15N3O. The number of aryl methyl sites for hydroxylation is 1. The molecule has 1 aromatic rings. The Hall–Kier alpha value is -1.03. The minimum atomic E-state index is 0.0901. The highest BCUT2D eigenvalue weighted by atomic mass is 16.1. The van der Waals surface area contributed by atoms with Crippen molar-refractivity contribution >= 4 is 0 Å². The molecule has 0 unspecified atom stereocenters. The number of nitrogens with one attached hydrogen (secondary N) is 1. The molecule has 0 saturated heterocycles. The number of aromatic nitrogens is 2. The lowest BCUT2D eigenvalue weighted by Gasteiger charge is -1.96. The van der Waals surface area contributed by atoms with Crippen LogP contribution in [0.25, 0.3) is 0 Å². The zero-order chi connectivity index (χ0) is 9.42. The number of nitrogens with two attached hydrogens (primary N) is 1. The largest absolute Gasteiger partial charge is 0.330 e. The van der Waals surface area contributed by atoms with E-state index < -0.39 is 0 Å². The second-order valence-corrected chi connectivity index (χ2v) is 3.68. The molecule has 0 bridgehead atoms. The molecule has 1 saturated carbocycles. The highest BCUT2D eigenvalue weighted by Gasteiger charge is 2.29. The third kappa shape index (κ3) is 1.42. The van der Waals surface area contributed by atoms with E-state index in [0.29, 0.717) is 18.9 Å². The summed E-state index contributed by atoms with van der Waals surface area (Å²) in [4.78, 5) is 11.6. The van der Waals surface area contributed by atoms with Crippen LogP contribution in [0.15, 0.2) is 4.79 Å². The second kappa shape index (κ2) is 3.03. The van der Waals surface area contributed by atoms with Gasteiger partial charge in [-0.25, -0.2) is 0 Å². The Bertz CT molecular complexity index is 359. The van der Waals surface area contributed by atoms with Gasteiger partial charge in [0.25, 0.3) is 5.56 Å². The minimum Gasteiger partial charge on any atom is -0.330 e. The molecule has 0 aliphatic heterocycles. The van der Waals surface area contributed by atoms with Crippen molar-refractivity contribution in [2.75, 3.05) is 6.54 Å². The van der Waals surface area contributed by atoms with Crippen molar-refractivity contribution in [1.29, 1.82) is 0 Å². The molecule has 1 aromatic heterocycles. The predicted molar refractivity (Wildman–Crippen MR) is 50.8 cm³/mol. The molecule has 0 atom stereocenters. The van der Waals surface area contributed by atoms with Gasteiger partial charge in [-0.3, -0.25) is 14.6 Å². The summed E-state index contributed by atoms with van der Waals surface area (Å²) in [5, 5.41) is 3.11. The Morgan fingerprint density at radius 3 is 2.85 bits per heavy atom. The van der Waals surface area contributed by atoms with Crippen LogP contribution in [-0.4, -0.2) is 16.3 Å². The molecule has 13 heavy (non-hydrogen) atoms. The van der Waals surface area contributed by atoms with E-state index in [9.17, 15) is 4.79 Å². The van der Waals surface area contributed by atoms with Gasteiger partial charge in [0.15, 0.2) is 0 Å². The third-order valence-electron chi connectivity index (χ3n) is 2.56. The number of rotatable bonds is 3. The molecule has 0 spiro atoms. The summed E-state index contributed by atoms with van der Waals surface area (Å²) in [5.74, 6) is 0.593. The summed E-state index contributed by atoms with van der Waals surface area (Å²) in [6.07, 6.45) is 3.11. The van der Waals surface area contributed by atoms with E-state index in [4.69, 9.17) is 5.73 Å². The van der Waals surface area contributed by atoms with E-state index in [1.54, 1.807) is 11.7 Å². The van der Waals surface area contributed by atoms with Crippen LogP contribution >= 0.6 is 0 Å². The second-order valence-electron chi connectivity index (χ2n) is 3.68. The summed E-state index contributed by atoms with van der Waals surface area (Å²) in [5.41, 5.74) is 7.58. The molecule has 0 aromatic carbocycles. The molecule has 1 aliphatic rings. The van der Waals surface area contributed by atoms with E-state index in [0.717, 1.165) is 11.3 Å². The van der Waals surface area contributed by atoms with Crippen molar-refractivity contribution in [1.82, 2.24) is 9.78 Å². The van der Waals surface area contributed by atoms with Crippen molar-refractivity contribution in [3.63, 3.8) is 0 Å². The molecule has 0 radical (unpaired) electrons. The smallest absolute Gasteiger partial charge is 0.269 e. The lowest BCUT2D eigenvalue weighted by molar-refractivity contribution is 0.720. The van der Waals surface area contributed by atoms with E-state index in [2.05, 4.69) is 5.10 Å². The number of H-pyrrole nitrogens is 1. The average molecular weight is 181 g/mol. The van der Waals surface area contributed by atoms with Gasteiger partial charge in [0.1, 0.15) is 0 Å². The Labute approximate surface area is 76.7 Å². The monoisotopic (exact) mass is 181 g/mol. The number of hydrogen-bond donors (Lipinski definition) is 2. The van der Waals surface area contributed by atoms with Gasteiger partial charge in [-0.2, -0.15) is 0 Å². The summed E-state index contributed by atoms with van der Waals surface area (Å²) < 4.78 is 1.55. The van der Waals surface area contributed by atoms with Crippen LogP contribution in [0.5, 0.6) is 0 Å². The highest BCUT2D eigenvalue weighted by molar-refractivity contribution is 5.25. The number of hydrogen-bond acceptors (Lipinski definition) is 2. The fraction of sp³-hybridized carbons (Fsp3) is 0.667. The average Bonchev–Trinajstić information content (AvgIpc) is 2.89. The normalized spacial score (nSPS) is 16.5. The van der Waals surface area contributed by atoms with Crippen LogP contribution in [-0.2, 0) is 13.5 Å². The molecule has 1 fully saturated rings. The van der Waals surface area contributed by atoms with Gasteiger partial charge in [0.2, 0.25) is 0 Å². The van der Waals surface area contributed by atoms with Crippen LogP contribution in [0.3, 0.4) is 0 Å². The van der Waals surface area contributed by atoms with E-state index in [1.807, 2.05) is 0 Å². The Morgan fingerprint density at radius 2 is 2.31 bits per heavy atom. The quantitative estimate of drug-likeness (QED) is 0.694. The summed E-state index contributed by atoms with van der Waals surface area (Å²) in [7, 11) is 1.76. The van der Waals surface area contributed by atoms with E-state index in [1.165, 1.54) is 12.8 Å². The molecule has 4 heteroatoms. The van der Waals surface area contributed by atoms with Crippen molar-refractivity contribution < 1.29 is 0 Å². The fourth-order valence-corrected chi connectivity index (χ4v) is 1.71. The van der Waals surface area contributed by atoms with Crippen molar-refractivity contribution in [3.8, 4) is 0 Å². The predicted octanol–water partition coefficient (Wildman–Crippen LogP) is 0.0920. The van der Waals surface area contributed by atoms with Gasteiger partial charge in [0.05, 0.1) is 0 Å². The van der Waals surface area contributed by atoms with Gasteiger partial charge in [-0.05, 0) is 25.8 Å². The van der Waals surface area contributed by atoms with Gasteiger partial charge in [-0.1, -0.05) is 0 Å². The lowest BCUT2D eigenvalue weighted by atomic mass is 10.1. The summed E-state index contributed by atoms with van der Waals surface area (Å²) in [6.45, 7) is 0.548. The Balaban J connectivity index is 2.41. The van der Waals surface area contributed by atoms with Crippen molar-refractivity contribution in [2.45, 2.75) is 25.2 Å². The first-order chi connectivity index (χ1) is 6.24. The maximum Gasteiger partial charge on any atom is 0.269 e. The fourth-order valence-electron chi connectivity index (χ4n) is 1.71. The topological polar surface area (TPSA) is 63.8 Å². The zero-order valence-corrected chi connectivity index (χ0v) is 7.84. The van der Waals surface area contributed by atoms with Crippen LogP contribution in [0.1, 0.15) is 30.0 Å².